The highest BCUT2D eigenvalue weighted by atomic mass is 35.5. The number of aliphatic hydroxyl groups excluding tert-OH is 1. The molecule has 3 rings (SSSR count). The summed E-state index contributed by atoms with van der Waals surface area (Å²) in [5, 5.41) is 17.9. The average Bonchev–Trinajstić information content (AvgIpc) is 2.77. The second-order valence-electron chi connectivity index (χ2n) is 7.00. The van der Waals surface area contributed by atoms with Gasteiger partial charge in [-0.15, -0.1) is 24.8 Å². The highest BCUT2D eigenvalue weighted by Gasteiger charge is 2.09. The predicted octanol–water partition coefficient (Wildman–Crippen LogP) is 6.03. The minimum atomic E-state index is -0.693. The molecule has 0 aliphatic rings. The molecular weight excluding hydrogens is 506 g/mol. The number of carbonyl (C=O) groups is 1. The van der Waals surface area contributed by atoms with Crippen LogP contribution in [0.1, 0.15) is 22.0 Å². The van der Waals surface area contributed by atoms with Crippen LogP contribution in [0.25, 0.3) is 11.1 Å². The van der Waals surface area contributed by atoms with Crippen LogP contribution in [0.4, 0.5) is 5.69 Å². The minimum Gasteiger partial charge on any atom is -0.465 e. The summed E-state index contributed by atoms with van der Waals surface area (Å²) in [5.74, 6) is -0.357. The van der Waals surface area contributed by atoms with E-state index in [9.17, 15) is 9.90 Å². The monoisotopic (exact) mass is 530 g/mol. The molecular formula is C24H26Cl4N2O3. The number of esters is 1. The molecule has 0 radical (unpaired) electrons. The first-order valence-corrected chi connectivity index (χ1v) is 10.6. The number of nitrogens with one attached hydrogen (secondary N) is 2. The van der Waals surface area contributed by atoms with E-state index in [0.717, 1.165) is 16.8 Å². The van der Waals surface area contributed by atoms with Crippen molar-refractivity contribution >= 4 is 59.7 Å². The van der Waals surface area contributed by atoms with Crippen molar-refractivity contribution in [2.45, 2.75) is 6.10 Å². The Morgan fingerprint density at radius 1 is 0.939 bits per heavy atom. The summed E-state index contributed by atoms with van der Waals surface area (Å²) in [6.07, 6.45) is -0.693. The maximum Gasteiger partial charge on any atom is 0.337 e. The number of anilines is 1. The van der Waals surface area contributed by atoms with E-state index in [-0.39, 0.29) is 30.8 Å². The number of methoxy groups -OCH3 is 1. The third-order valence-electron chi connectivity index (χ3n) is 4.72. The van der Waals surface area contributed by atoms with Gasteiger partial charge >= 0.3 is 5.97 Å². The highest BCUT2D eigenvalue weighted by molar-refractivity contribution is 6.34. The number of ether oxygens (including phenoxy) is 1. The summed E-state index contributed by atoms with van der Waals surface area (Å²) in [6, 6.07) is 20.4. The van der Waals surface area contributed by atoms with Gasteiger partial charge in [0, 0.05) is 35.4 Å². The Morgan fingerprint density at radius 3 is 2.24 bits per heavy atom. The number of halogens is 4. The van der Waals surface area contributed by atoms with E-state index in [1.807, 2.05) is 42.5 Å². The van der Waals surface area contributed by atoms with E-state index < -0.39 is 6.10 Å². The zero-order valence-corrected chi connectivity index (χ0v) is 21.0. The van der Waals surface area contributed by atoms with E-state index in [0.29, 0.717) is 40.8 Å². The molecule has 0 unspecified atom stereocenters. The topological polar surface area (TPSA) is 70.6 Å². The summed E-state index contributed by atoms with van der Waals surface area (Å²) in [5.41, 5.74) is 4.09. The lowest BCUT2D eigenvalue weighted by Gasteiger charge is -2.14. The molecule has 0 heterocycles. The van der Waals surface area contributed by atoms with Crippen LogP contribution in [0, 0.1) is 0 Å². The molecule has 0 amide bonds. The standard InChI is InChI=1S/C24H24Cl2N2O3.2ClH/c1-31-24(30)18-6-2-4-16(10-18)17-5-3-7-22(13-17)28-9-8-27-15-23(29)19-11-20(25)14-21(26)12-19;;/h2-7,10-14,23,27-29H,8-9,15H2,1H3;2*1H/t23-;;/m0../s1. The summed E-state index contributed by atoms with van der Waals surface area (Å²) in [6.45, 7) is 1.72. The Morgan fingerprint density at radius 2 is 1.58 bits per heavy atom. The van der Waals surface area contributed by atoms with Crippen molar-refractivity contribution in [2.24, 2.45) is 0 Å². The normalized spacial score (nSPS) is 11.0. The van der Waals surface area contributed by atoms with Gasteiger partial charge in [0.2, 0.25) is 0 Å². The van der Waals surface area contributed by atoms with Gasteiger partial charge in [0.15, 0.2) is 0 Å². The molecule has 3 aromatic rings. The quantitative estimate of drug-likeness (QED) is 0.232. The van der Waals surface area contributed by atoms with Crippen LogP contribution in [-0.2, 0) is 4.74 Å². The Kier molecular flexibility index (Phi) is 12.6. The molecule has 0 saturated heterocycles. The fourth-order valence-electron chi connectivity index (χ4n) is 3.17. The third kappa shape index (κ3) is 8.70. The second kappa shape index (κ2) is 14.3. The van der Waals surface area contributed by atoms with Gasteiger partial charge in [-0.1, -0.05) is 47.5 Å². The van der Waals surface area contributed by atoms with Crippen molar-refractivity contribution in [2.75, 3.05) is 32.1 Å². The number of hydrogen-bond acceptors (Lipinski definition) is 5. The van der Waals surface area contributed by atoms with Crippen LogP contribution in [0.15, 0.2) is 66.7 Å². The van der Waals surface area contributed by atoms with Crippen LogP contribution in [-0.4, -0.2) is 37.8 Å². The van der Waals surface area contributed by atoms with Gasteiger partial charge in [-0.3, -0.25) is 0 Å². The maximum absolute atomic E-state index is 11.8. The predicted molar refractivity (Wildman–Crippen MR) is 140 cm³/mol. The van der Waals surface area contributed by atoms with Crippen LogP contribution >= 0.6 is 48.0 Å². The Balaban J connectivity index is 0.00000272. The summed E-state index contributed by atoms with van der Waals surface area (Å²) >= 11 is 12.0. The molecule has 0 aliphatic heterocycles. The maximum atomic E-state index is 11.8. The molecule has 0 aliphatic carbocycles. The molecule has 0 bridgehead atoms. The summed E-state index contributed by atoms with van der Waals surface area (Å²) < 4.78 is 4.79. The number of rotatable bonds is 9. The van der Waals surface area contributed by atoms with Crippen molar-refractivity contribution < 1.29 is 14.6 Å². The van der Waals surface area contributed by atoms with Gasteiger partial charge in [0.05, 0.1) is 18.8 Å². The Labute approximate surface area is 216 Å². The van der Waals surface area contributed by atoms with Gasteiger partial charge in [0.1, 0.15) is 0 Å². The first kappa shape index (κ1) is 29.0. The second-order valence-corrected chi connectivity index (χ2v) is 7.88. The lowest BCUT2D eigenvalue weighted by molar-refractivity contribution is 0.0601. The zero-order valence-electron chi connectivity index (χ0n) is 17.9. The molecule has 3 aromatic carbocycles. The van der Waals surface area contributed by atoms with Crippen molar-refractivity contribution in [3.8, 4) is 11.1 Å². The number of aliphatic hydroxyl groups is 1. The average molecular weight is 532 g/mol. The van der Waals surface area contributed by atoms with Gasteiger partial charge in [-0.25, -0.2) is 4.79 Å². The van der Waals surface area contributed by atoms with Crippen LogP contribution < -0.4 is 10.6 Å². The van der Waals surface area contributed by atoms with Gasteiger partial charge in [0.25, 0.3) is 0 Å². The molecule has 0 aromatic heterocycles. The smallest absolute Gasteiger partial charge is 0.337 e. The molecule has 33 heavy (non-hydrogen) atoms. The summed E-state index contributed by atoms with van der Waals surface area (Å²) in [7, 11) is 1.37. The fourth-order valence-corrected chi connectivity index (χ4v) is 3.71. The Hall–Kier alpha value is -1.99. The van der Waals surface area contributed by atoms with E-state index in [1.165, 1.54) is 7.11 Å². The first-order chi connectivity index (χ1) is 15.0. The molecule has 3 N–H and O–H groups in total. The fraction of sp³-hybridized carbons (Fsp3) is 0.208. The largest absolute Gasteiger partial charge is 0.465 e. The van der Waals surface area contributed by atoms with E-state index in [2.05, 4.69) is 10.6 Å². The first-order valence-electron chi connectivity index (χ1n) is 9.84. The lowest BCUT2D eigenvalue weighted by Crippen LogP contribution is -2.26. The SMILES string of the molecule is COC(=O)c1cccc(-c2cccc(NCCNC[C@H](O)c3cc(Cl)cc(Cl)c3)c2)c1.Cl.Cl. The van der Waals surface area contributed by atoms with E-state index in [1.54, 1.807) is 24.3 Å². The third-order valence-corrected chi connectivity index (χ3v) is 5.15. The van der Waals surface area contributed by atoms with Gasteiger partial charge in [-0.2, -0.15) is 0 Å². The highest BCUT2D eigenvalue weighted by Crippen LogP contribution is 2.24. The van der Waals surface area contributed by atoms with Crippen molar-refractivity contribution in [3.05, 3.63) is 87.9 Å². The number of hydrogen-bond donors (Lipinski definition) is 3. The molecule has 1 atom stereocenters. The van der Waals surface area contributed by atoms with Crippen molar-refractivity contribution in [1.82, 2.24) is 5.32 Å². The molecule has 9 heteroatoms. The number of carbonyl (C=O) groups excluding carboxylic acids is 1. The van der Waals surface area contributed by atoms with Crippen LogP contribution in [0.2, 0.25) is 10.0 Å². The lowest BCUT2D eigenvalue weighted by atomic mass is 10.0. The van der Waals surface area contributed by atoms with Gasteiger partial charge < -0.3 is 20.5 Å². The molecule has 0 spiro atoms. The Bertz CT molecular complexity index is 1030. The zero-order chi connectivity index (χ0) is 22.2. The number of benzene rings is 3. The molecule has 5 nitrogen and oxygen atoms in total. The minimum absolute atomic E-state index is 0. The van der Waals surface area contributed by atoms with E-state index >= 15 is 0 Å². The van der Waals surface area contributed by atoms with E-state index in [4.69, 9.17) is 27.9 Å². The molecule has 0 fully saturated rings. The summed E-state index contributed by atoms with van der Waals surface area (Å²) in [4.78, 5) is 11.8. The van der Waals surface area contributed by atoms with Crippen LogP contribution in [0.3, 0.4) is 0 Å². The van der Waals surface area contributed by atoms with Crippen LogP contribution in [0.5, 0.6) is 0 Å². The van der Waals surface area contributed by atoms with Crippen molar-refractivity contribution in [3.63, 3.8) is 0 Å². The van der Waals surface area contributed by atoms with Gasteiger partial charge in [-0.05, 0) is 59.2 Å². The van der Waals surface area contributed by atoms with Crippen molar-refractivity contribution in [1.29, 1.82) is 0 Å². The molecule has 178 valence electrons. The molecule has 0 saturated carbocycles.